The number of ether oxygens (including phenoxy) is 3. The Morgan fingerprint density at radius 1 is 1.26 bits per heavy atom. The maximum Gasteiger partial charge on any atom is 0.409 e. The number of piperidine rings is 1. The van der Waals surface area contributed by atoms with Gasteiger partial charge in [-0.1, -0.05) is 0 Å². The number of carbonyl (C=O) groups is 1. The zero-order valence-corrected chi connectivity index (χ0v) is 13.9. The third kappa shape index (κ3) is 4.72. The fourth-order valence-electron chi connectivity index (χ4n) is 2.46. The van der Waals surface area contributed by atoms with Crippen LogP contribution in [0, 0.1) is 6.92 Å². The van der Waals surface area contributed by atoms with Crippen LogP contribution in [0.1, 0.15) is 18.5 Å². The molecule has 2 heterocycles. The smallest absolute Gasteiger partial charge is 0.409 e. The molecule has 7 heteroatoms. The summed E-state index contributed by atoms with van der Waals surface area (Å²) in [6.45, 7) is 3.69. The normalized spacial score (nSPS) is 15.5. The van der Waals surface area contributed by atoms with Crippen LogP contribution in [0.4, 0.5) is 4.79 Å². The average molecular weight is 324 g/mol. The van der Waals surface area contributed by atoms with Crippen molar-refractivity contribution in [2.24, 2.45) is 7.05 Å². The van der Waals surface area contributed by atoms with E-state index in [4.69, 9.17) is 14.2 Å². The standard InChI is InChI=1S/C16H24N2O5/c1-12-10-14(11-15(19)17(12)2)23-13-4-6-18(7-5-13)16(20)22-9-8-21-3/h10-11,13H,4-9H2,1-3H3. The number of nitrogens with zero attached hydrogens (tertiary/aromatic N) is 2. The van der Waals surface area contributed by atoms with E-state index in [0.29, 0.717) is 38.3 Å². The zero-order chi connectivity index (χ0) is 16.8. The van der Waals surface area contributed by atoms with Crippen LogP contribution in [0.2, 0.25) is 0 Å². The number of hydrogen-bond donors (Lipinski definition) is 0. The van der Waals surface area contributed by atoms with Crippen LogP contribution in [-0.2, 0) is 16.5 Å². The Hall–Kier alpha value is -2.02. The number of rotatable bonds is 5. The summed E-state index contributed by atoms with van der Waals surface area (Å²) in [5.41, 5.74) is 0.769. The van der Waals surface area contributed by atoms with Crippen LogP contribution < -0.4 is 10.3 Å². The molecule has 1 aliphatic rings. The summed E-state index contributed by atoms with van der Waals surface area (Å²) in [5, 5.41) is 0. The second-order valence-electron chi connectivity index (χ2n) is 5.64. The molecule has 0 saturated carbocycles. The van der Waals surface area contributed by atoms with E-state index in [1.54, 1.807) is 23.6 Å². The highest BCUT2D eigenvalue weighted by Gasteiger charge is 2.25. The second-order valence-corrected chi connectivity index (χ2v) is 5.64. The Balaban J connectivity index is 1.83. The molecule has 0 unspecified atom stereocenters. The molecule has 1 aromatic heterocycles. The molecule has 1 aliphatic heterocycles. The summed E-state index contributed by atoms with van der Waals surface area (Å²) in [6.07, 6.45) is 1.12. The van der Waals surface area contributed by atoms with Crippen LogP contribution in [0.3, 0.4) is 0 Å². The first-order valence-corrected chi connectivity index (χ1v) is 7.76. The minimum Gasteiger partial charge on any atom is -0.490 e. The summed E-state index contributed by atoms with van der Waals surface area (Å²) in [7, 11) is 3.30. The van der Waals surface area contributed by atoms with E-state index >= 15 is 0 Å². The molecule has 0 spiro atoms. The molecule has 0 aliphatic carbocycles. The lowest BCUT2D eigenvalue weighted by Crippen LogP contribution is -2.42. The number of methoxy groups -OCH3 is 1. The Kier molecular flexibility index (Phi) is 6.04. The second kappa shape index (κ2) is 8.01. The number of likely N-dealkylation sites (tertiary alicyclic amines) is 1. The third-order valence-electron chi connectivity index (χ3n) is 3.99. The van der Waals surface area contributed by atoms with Gasteiger partial charge in [0, 0.05) is 51.8 Å². The van der Waals surface area contributed by atoms with Crippen molar-refractivity contribution in [3.8, 4) is 5.75 Å². The molecule has 2 rings (SSSR count). The van der Waals surface area contributed by atoms with Gasteiger partial charge in [0.2, 0.25) is 0 Å². The van der Waals surface area contributed by atoms with E-state index in [9.17, 15) is 9.59 Å². The van der Waals surface area contributed by atoms with E-state index in [1.165, 1.54) is 6.07 Å². The quantitative estimate of drug-likeness (QED) is 0.764. The molecule has 23 heavy (non-hydrogen) atoms. The fourth-order valence-corrected chi connectivity index (χ4v) is 2.46. The van der Waals surface area contributed by atoms with Crippen molar-refractivity contribution in [3.63, 3.8) is 0 Å². The van der Waals surface area contributed by atoms with Crippen LogP contribution >= 0.6 is 0 Å². The van der Waals surface area contributed by atoms with Crippen molar-refractivity contribution in [2.75, 3.05) is 33.4 Å². The molecule has 128 valence electrons. The van der Waals surface area contributed by atoms with Crippen LogP contribution in [0.25, 0.3) is 0 Å². The van der Waals surface area contributed by atoms with Crippen molar-refractivity contribution in [3.05, 3.63) is 28.2 Å². The highest BCUT2D eigenvalue weighted by atomic mass is 16.6. The van der Waals surface area contributed by atoms with Crippen LogP contribution in [0.15, 0.2) is 16.9 Å². The van der Waals surface area contributed by atoms with Gasteiger partial charge in [0.1, 0.15) is 18.5 Å². The monoisotopic (exact) mass is 324 g/mol. The van der Waals surface area contributed by atoms with Gasteiger partial charge >= 0.3 is 6.09 Å². The van der Waals surface area contributed by atoms with E-state index < -0.39 is 0 Å². The van der Waals surface area contributed by atoms with E-state index in [-0.39, 0.29) is 24.4 Å². The summed E-state index contributed by atoms with van der Waals surface area (Å²) in [6, 6.07) is 3.35. The highest BCUT2D eigenvalue weighted by Crippen LogP contribution is 2.19. The molecule has 0 radical (unpaired) electrons. The Bertz CT molecular complexity index is 591. The number of carbonyl (C=O) groups excluding carboxylic acids is 1. The Morgan fingerprint density at radius 2 is 1.96 bits per heavy atom. The van der Waals surface area contributed by atoms with Gasteiger partial charge in [-0.25, -0.2) is 4.79 Å². The lowest BCUT2D eigenvalue weighted by Gasteiger charge is -2.31. The van der Waals surface area contributed by atoms with E-state index in [0.717, 1.165) is 5.69 Å². The first kappa shape index (κ1) is 17.3. The maximum atomic E-state index is 11.8. The number of amides is 1. The number of hydrogen-bond acceptors (Lipinski definition) is 5. The van der Waals surface area contributed by atoms with E-state index in [2.05, 4.69) is 0 Å². The molecular weight excluding hydrogens is 300 g/mol. The molecule has 0 bridgehead atoms. The van der Waals surface area contributed by atoms with Gasteiger partial charge in [-0.3, -0.25) is 4.79 Å². The molecule has 0 aromatic carbocycles. The van der Waals surface area contributed by atoms with Crippen LogP contribution in [-0.4, -0.2) is 55.1 Å². The molecule has 1 amide bonds. The Morgan fingerprint density at radius 3 is 2.57 bits per heavy atom. The first-order chi connectivity index (χ1) is 11.0. The van der Waals surface area contributed by atoms with Crippen molar-refractivity contribution >= 4 is 6.09 Å². The topological polar surface area (TPSA) is 70.0 Å². The van der Waals surface area contributed by atoms with Crippen molar-refractivity contribution in [1.29, 1.82) is 0 Å². The minimum absolute atomic E-state index is 0.00420. The van der Waals surface area contributed by atoms with Crippen molar-refractivity contribution in [1.82, 2.24) is 9.47 Å². The zero-order valence-electron chi connectivity index (χ0n) is 13.9. The molecule has 7 nitrogen and oxygen atoms in total. The summed E-state index contributed by atoms with van der Waals surface area (Å²) in [4.78, 5) is 25.3. The third-order valence-corrected chi connectivity index (χ3v) is 3.99. The number of pyridine rings is 1. The first-order valence-electron chi connectivity index (χ1n) is 7.76. The SMILES string of the molecule is COCCOC(=O)N1CCC(Oc2cc(C)n(C)c(=O)c2)CC1. The lowest BCUT2D eigenvalue weighted by atomic mass is 10.1. The number of aromatic nitrogens is 1. The molecule has 0 atom stereocenters. The van der Waals surface area contributed by atoms with Gasteiger partial charge in [-0.15, -0.1) is 0 Å². The molecule has 1 saturated heterocycles. The highest BCUT2D eigenvalue weighted by molar-refractivity contribution is 5.67. The molecule has 1 fully saturated rings. The van der Waals surface area contributed by atoms with Crippen molar-refractivity contribution < 1.29 is 19.0 Å². The van der Waals surface area contributed by atoms with Gasteiger partial charge in [0.25, 0.3) is 5.56 Å². The van der Waals surface area contributed by atoms with Gasteiger partial charge in [0.05, 0.1) is 6.61 Å². The van der Waals surface area contributed by atoms with Gasteiger partial charge < -0.3 is 23.7 Å². The van der Waals surface area contributed by atoms with Gasteiger partial charge in [0.15, 0.2) is 0 Å². The largest absolute Gasteiger partial charge is 0.490 e. The number of aryl methyl sites for hydroxylation is 1. The summed E-state index contributed by atoms with van der Waals surface area (Å²) < 4.78 is 17.4. The minimum atomic E-state index is -0.315. The Labute approximate surface area is 135 Å². The van der Waals surface area contributed by atoms with Gasteiger partial charge in [-0.2, -0.15) is 0 Å². The predicted molar refractivity (Wildman–Crippen MR) is 84.9 cm³/mol. The van der Waals surface area contributed by atoms with E-state index in [1.807, 2.05) is 13.0 Å². The van der Waals surface area contributed by atoms with Crippen molar-refractivity contribution in [2.45, 2.75) is 25.9 Å². The molecule has 1 aromatic rings. The maximum absolute atomic E-state index is 11.8. The van der Waals surface area contributed by atoms with Gasteiger partial charge in [-0.05, 0) is 13.0 Å². The average Bonchev–Trinajstić information content (AvgIpc) is 2.53. The summed E-state index contributed by atoms with van der Waals surface area (Å²) >= 11 is 0. The fraction of sp³-hybridized carbons (Fsp3) is 0.625. The predicted octanol–water partition coefficient (Wildman–Crippen LogP) is 1.32. The lowest BCUT2D eigenvalue weighted by molar-refractivity contribution is 0.0514. The van der Waals surface area contributed by atoms with Crippen LogP contribution in [0.5, 0.6) is 5.75 Å². The molecule has 0 N–H and O–H groups in total. The summed E-state index contributed by atoms with van der Waals surface area (Å²) in [5.74, 6) is 0.590. The molecular formula is C16H24N2O5.